The fourth-order valence-electron chi connectivity index (χ4n) is 3.09. The Balaban J connectivity index is 1.89. The lowest BCUT2D eigenvalue weighted by atomic mass is 10.1. The fourth-order valence-corrected chi connectivity index (χ4v) is 3.09. The highest BCUT2D eigenvalue weighted by Crippen LogP contribution is 2.22. The molecule has 3 rings (SSSR count). The zero-order chi connectivity index (χ0) is 18.2. The van der Waals surface area contributed by atoms with Gasteiger partial charge in [0.15, 0.2) is 5.78 Å². The molecular formula is C24H25NO. The van der Waals surface area contributed by atoms with E-state index in [4.69, 9.17) is 0 Å². The molecule has 0 aromatic heterocycles. The molecule has 0 N–H and O–H groups in total. The molecule has 0 bridgehead atoms. The molecule has 0 aliphatic carbocycles. The van der Waals surface area contributed by atoms with Gasteiger partial charge in [-0.05, 0) is 29.7 Å². The van der Waals surface area contributed by atoms with Crippen LogP contribution in [0.5, 0.6) is 0 Å². The Morgan fingerprint density at radius 2 is 1.35 bits per heavy atom. The fraction of sp³-hybridized carbons (Fsp3) is 0.208. The third kappa shape index (κ3) is 4.82. The second-order valence-corrected chi connectivity index (χ2v) is 6.55. The van der Waals surface area contributed by atoms with Gasteiger partial charge in [-0.3, -0.25) is 4.79 Å². The van der Waals surface area contributed by atoms with Crippen molar-refractivity contribution in [3.63, 3.8) is 0 Å². The minimum atomic E-state index is 0.216. The zero-order valence-corrected chi connectivity index (χ0v) is 15.3. The molecule has 0 spiro atoms. The van der Waals surface area contributed by atoms with Crippen LogP contribution in [0.25, 0.3) is 0 Å². The number of Topliss-reactive ketones (excluding diaryl/α,β-unsaturated/α-hetero) is 1. The van der Waals surface area contributed by atoms with Crippen LogP contribution in [-0.2, 0) is 13.1 Å². The van der Waals surface area contributed by atoms with Crippen LogP contribution in [0.4, 0.5) is 5.69 Å². The van der Waals surface area contributed by atoms with Crippen LogP contribution < -0.4 is 4.90 Å². The number of carbonyl (C=O) groups is 1. The van der Waals surface area contributed by atoms with Crippen molar-refractivity contribution < 1.29 is 4.79 Å². The molecule has 2 nitrogen and oxygen atoms in total. The van der Waals surface area contributed by atoms with Crippen molar-refractivity contribution in [2.24, 2.45) is 0 Å². The van der Waals surface area contributed by atoms with E-state index >= 15 is 0 Å². The summed E-state index contributed by atoms with van der Waals surface area (Å²) in [4.78, 5) is 14.6. The first kappa shape index (κ1) is 17.9. The van der Waals surface area contributed by atoms with Gasteiger partial charge in [-0.2, -0.15) is 0 Å². The maximum atomic E-state index is 12.3. The van der Waals surface area contributed by atoms with Crippen molar-refractivity contribution in [1.82, 2.24) is 0 Å². The average molecular weight is 343 g/mol. The number of hydrogen-bond donors (Lipinski definition) is 0. The quantitative estimate of drug-likeness (QED) is 0.476. The van der Waals surface area contributed by atoms with Gasteiger partial charge in [0.05, 0.1) is 0 Å². The number of rotatable bonds is 8. The summed E-state index contributed by atoms with van der Waals surface area (Å²) < 4.78 is 0. The molecule has 3 aromatic carbocycles. The van der Waals surface area contributed by atoms with Crippen molar-refractivity contribution in [3.8, 4) is 0 Å². The van der Waals surface area contributed by atoms with Gasteiger partial charge in [0, 0.05) is 30.8 Å². The van der Waals surface area contributed by atoms with E-state index in [0.29, 0.717) is 6.42 Å². The van der Waals surface area contributed by atoms with Crippen molar-refractivity contribution >= 4 is 11.5 Å². The molecule has 0 atom stereocenters. The van der Waals surface area contributed by atoms with E-state index < -0.39 is 0 Å². The lowest BCUT2D eigenvalue weighted by Gasteiger charge is -2.26. The number of nitrogens with zero attached hydrogens (tertiary/aromatic N) is 1. The maximum Gasteiger partial charge on any atom is 0.162 e. The van der Waals surface area contributed by atoms with Crippen molar-refractivity contribution in [1.29, 1.82) is 0 Å². The van der Waals surface area contributed by atoms with Crippen LogP contribution in [0.15, 0.2) is 84.9 Å². The molecule has 0 fully saturated rings. The third-order valence-electron chi connectivity index (χ3n) is 4.44. The zero-order valence-electron chi connectivity index (χ0n) is 15.3. The highest BCUT2D eigenvalue weighted by atomic mass is 16.1. The predicted molar refractivity (Wildman–Crippen MR) is 108 cm³/mol. The van der Waals surface area contributed by atoms with Gasteiger partial charge in [0.25, 0.3) is 0 Å². The summed E-state index contributed by atoms with van der Waals surface area (Å²) in [5.74, 6) is 0.216. The van der Waals surface area contributed by atoms with Gasteiger partial charge in [0.2, 0.25) is 0 Å². The number of benzene rings is 3. The van der Waals surface area contributed by atoms with E-state index in [1.807, 2.05) is 37.3 Å². The van der Waals surface area contributed by atoms with Crippen molar-refractivity contribution in [2.45, 2.75) is 32.9 Å². The number of anilines is 1. The Morgan fingerprint density at radius 1 is 0.769 bits per heavy atom. The Labute approximate surface area is 156 Å². The highest BCUT2D eigenvalue weighted by molar-refractivity contribution is 5.96. The Kier molecular flexibility index (Phi) is 6.21. The predicted octanol–water partition coefficient (Wildman–Crippen LogP) is 5.88. The maximum absolute atomic E-state index is 12.3. The molecule has 0 saturated heterocycles. The topological polar surface area (TPSA) is 20.3 Å². The van der Waals surface area contributed by atoms with Gasteiger partial charge in [-0.15, -0.1) is 0 Å². The molecule has 0 radical (unpaired) electrons. The molecule has 0 unspecified atom stereocenters. The molecule has 0 heterocycles. The number of hydrogen-bond acceptors (Lipinski definition) is 2. The van der Waals surface area contributed by atoms with Crippen LogP contribution >= 0.6 is 0 Å². The normalized spacial score (nSPS) is 10.5. The largest absolute Gasteiger partial charge is 0.363 e. The summed E-state index contributed by atoms with van der Waals surface area (Å²) in [7, 11) is 0. The Bertz CT molecular complexity index is 786. The first-order valence-electron chi connectivity index (χ1n) is 9.22. The molecule has 2 heteroatoms. The molecule has 0 aliphatic heterocycles. The lowest BCUT2D eigenvalue weighted by Crippen LogP contribution is -2.22. The molecule has 26 heavy (non-hydrogen) atoms. The SMILES string of the molecule is CCCC(=O)c1cccc(N(Cc2ccccc2)Cc2ccccc2)c1. The van der Waals surface area contributed by atoms with Gasteiger partial charge in [0.1, 0.15) is 0 Å². The molecule has 0 saturated carbocycles. The van der Waals surface area contributed by atoms with E-state index in [0.717, 1.165) is 30.8 Å². The Hall–Kier alpha value is -2.87. The second-order valence-electron chi connectivity index (χ2n) is 6.55. The first-order valence-corrected chi connectivity index (χ1v) is 9.22. The monoisotopic (exact) mass is 343 g/mol. The third-order valence-corrected chi connectivity index (χ3v) is 4.44. The molecule has 0 aliphatic rings. The summed E-state index contributed by atoms with van der Waals surface area (Å²) in [6.07, 6.45) is 1.47. The summed E-state index contributed by atoms with van der Waals surface area (Å²) in [6.45, 7) is 3.65. The smallest absolute Gasteiger partial charge is 0.162 e. The van der Waals surface area contributed by atoms with Crippen molar-refractivity contribution in [2.75, 3.05) is 4.90 Å². The minimum Gasteiger partial charge on any atom is -0.363 e. The van der Waals surface area contributed by atoms with Gasteiger partial charge in [-0.1, -0.05) is 79.7 Å². The van der Waals surface area contributed by atoms with E-state index in [9.17, 15) is 4.79 Å². The van der Waals surface area contributed by atoms with E-state index in [-0.39, 0.29) is 5.78 Å². The average Bonchev–Trinajstić information content (AvgIpc) is 2.69. The van der Waals surface area contributed by atoms with E-state index in [1.54, 1.807) is 0 Å². The number of ketones is 1. The summed E-state index contributed by atoms with van der Waals surface area (Å²) in [5, 5.41) is 0. The second kappa shape index (κ2) is 9.00. The van der Waals surface area contributed by atoms with E-state index in [1.165, 1.54) is 11.1 Å². The van der Waals surface area contributed by atoms with Gasteiger partial charge < -0.3 is 4.90 Å². The van der Waals surface area contributed by atoms with E-state index in [2.05, 4.69) is 59.5 Å². The van der Waals surface area contributed by atoms with Crippen molar-refractivity contribution in [3.05, 3.63) is 102 Å². The molecular weight excluding hydrogens is 318 g/mol. The van der Waals surface area contributed by atoms with Crippen LogP contribution in [0.3, 0.4) is 0 Å². The molecule has 3 aromatic rings. The van der Waals surface area contributed by atoms with Gasteiger partial charge in [-0.25, -0.2) is 0 Å². The van der Waals surface area contributed by atoms with Crippen LogP contribution in [0, 0.1) is 0 Å². The summed E-state index contributed by atoms with van der Waals surface area (Å²) in [5.41, 5.74) is 4.40. The highest BCUT2D eigenvalue weighted by Gasteiger charge is 2.11. The first-order chi connectivity index (χ1) is 12.8. The number of carbonyl (C=O) groups excluding carboxylic acids is 1. The minimum absolute atomic E-state index is 0.216. The van der Waals surface area contributed by atoms with Gasteiger partial charge >= 0.3 is 0 Å². The molecule has 0 amide bonds. The standard InChI is InChI=1S/C24H25NO/c1-2-10-24(26)22-15-9-16-23(17-22)25(18-20-11-5-3-6-12-20)19-21-13-7-4-8-14-21/h3-9,11-17H,2,10,18-19H2,1H3. The summed E-state index contributed by atoms with van der Waals surface area (Å²) >= 11 is 0. The van der Waals surface area contributed by atoms with Crippen LogP contribution in [0.2, 0.25) is 0 Å². The lowest BCUT2D eigenvalue weighted by molar-refractivity contribution is 0.0982. The Morgan fingerprint density at radius 3 is 1.88 bits per heavy atom. The van der Waals surface area contributed by atoms with Crippen LogP contribution in [-0.4, -0.2) is 5.78 Å². The van der Waals surface area contributed by atoms with Crippen LogP contribution in [0.1, 0.15) is 41.3 Å². The molecule has 132 valence electrons. The summed E-state index contributed by atoms with van der Waals surface area (Å²) in [6, 6.07) is 28.9.